The van der Waals surface area contributed by atoms with E-state index >= 15 is 0 Å². The molecule has 0 saturated heterocycles. The maximum Gasteiger partial charge on any atom is 0.310 e. The van der Waals surface area contributed by atoms with E-state index in [1.165, 1.54) is 11.3 Å². The van der Waals surface area contributed by atoms with E-state index in [0.29, 0.717) is 67.3 Å². The van der Waals surface area contributed by atoms with E-state index in [-0.39, 0.29) is 17.0 Å². The molecular formula is C82H46N12O3S. The fourth-order valence-corrected chi connectivity index (χ4v) is 15.1. The van der Waals surface area contributed by atoms with Crippen LogP contribution in [0.15, 0.2) is 293 Å². The first kappa shape index (κ1) is 55.1. The SMILES string of the molecule is O=c1c2c(ccc3c4ccccc4n(-c4cccc(-c5nc(-c6ccccc6)nc(-c6ccc(-c7ccc(-c8nc(-c9ccccc9)nc(-c9cccc(-n%10c%11ccccc%11c%11c%12c(=O)n%13c(nc%14ccccc%14%13)sc%12ccc%11%10)c9)n8)cc7)cc6)n5)c4)c32)oc2nc3ccccc3n12. The van der Waals surface area contributed by atoms with Crippen LogP contribution in [0.1, 0.15) is 0 Å². The van der Waals surface area contributed by atoms with Crippen molar-refractivity contribution >= 4 is 109 Å². The summed E-state index contributed by atoms with van der Waals surface area (Å²) >= 11 is 1.52. The molecule has 15 nitrogen and oxygen atoms in total. The van der Waals surface area contributed by atoms with E-state index < -0.39 is 0 Å². The lowest BCUT2D eigenvalue weighted by Crippen LogP contribution is -2.13. The van der Waals surface area contributed by atoms with Gasteiger partial charge in [0.25, 0.3) is 11.1 Å². The zero-order chi connectivity index (χ0) is 64.7. The van der Waals surface area contributed by atoms with Gasteiger partial charge in [0.05, 0.1) is 49.5 Å². The lowest BCUT2D eigenvalue weighted by atomic mass is 10.0. The van der Waals surface area contributed by atoms with Crippen LogP contribution in [0.5, 0.6) is 0 Å². The van der Waals surface area contributed by atoms with Crippen LogP contribution < -0.4 is 11.1 Å². The molecule has 0 amide bonds. The largest absolute Gasteiger partial charge is 0.424 e. The monoisotopic (exact) mass is 1280 g/mol. The Kier molecular flexibility index (Phi) is 12.1. The second kappa shape index (κ2) is 21.6. The average molecular weight is 1280 g/mol. The van der Waals surface area contributed by atoms with E-state index in [1.54, 1.807) is 8.80 Å². The van der Waals surface area contributed by atoms with Crippen LogP contribution in [-0.4, -0.2) is 57.8 Å². The lowest BCUT2D eigenvalue weighted by molar-refractivity contribution is 0.617. The quantitative estimate of drug-likeness (QED) is 0.135. The number of benzene rings is 12. The third-order valence-corrected chi connectivity index (χ3v) is 19.6. The molecule has 8 heterocycles. The maximum absolute atomic E-state index is 14.9. The van der Waals surface area contributed by atoms with Crippen LogP contribution in [0.25, 0.3) is 188 Å². The number of fused-ring (bicyclic) bond motifs is 16. The summed E-state index contributed by atoms with van der Waals surface area (Å²) < 4.78 is 15.0. The van der Waals surface area contributed by atoms with Crippen LogP contribution >= 0.6 is 11.3 Å². The fraction of sp³-hybridized carbons (Fsp3) is 0. The second-order valence-electron chi connectivity index (χ2n) is 24.2. The first-order valence-corrected chi connectivity index (χ1v) is 32.8. The molecule has 12 aromatic carbocycles. The minimum Gasteiger partial charge on any atom is -0.424 e. The van der Waals surface area contributed by atoms with Gasteiger partial charge in [-0.05, 0) is 96.1 Å². The summed E-state index contributed by atoms with van der Waals surface area (Å²) in [6, 6.07) is 92.7. The summed E-state index contributed by atoms with van der Waals surface area (Å²) in [6.45, 7) is 0. The Morgan fingerprint density at radius 1 is 0.296 bits per heavy atom. The van der Waals surface area contributed by atoms with Crippen molar-refractivity contribution in [1.82, 2.24) is 57.8 Å². The van der Waals surface area contributed by atoms with Gasteiger partial charge >= 0.3 is 5.84 Å². The van der Waals surface area contributed by atoms with Gasteiger partial charge in [0, 0.05) is 71.0 Å². The van der Waals surface area contributed by atoms with Crippen molar-refractivity contribution in [2.24, 2.45) is 0 Å². The zero-order valence-electron chi connectivity index (χ0n) is 51.6. The molecule has 98 heavy (non-hydrogen) atoms. The molecule has 0 unspecified atom stereocenters. The highest BCUT2D eigenvalue weighted by molar-refractivity contribution is 7.23. The van der Waals surface area contributed by atoms with Crippen LogP contribution in [-0.2, 0) is 0 Å². The van der Waals surface area contributed by atoms with Gasteiger partial charge in [-0.3, -0.25) is 9.59 Å². The highest BCUT2D eigenvalue weighted by Gasteiger charge is 2.25. The molecule has 20 aromatic rings. The maximum atomic E-state index is 14.9. The normalized spacial score (nSPS) is 12.0. The van der Waals surface area contributed by atoms with Gasteiger partial charge in [-0.25, -0.2) is 43.7 Å². The standard InChI is InChI=1S/C82H46N12O3S/c95-79-70-67(97-81-83-60-27-9-13-31-64(60)93(79)81)43-41-58-57-25-7-11-29-62(57)92(72(58)70)56-24-16-22-54(46-56)78-88-74(50-19-5-2-6-20-50)86-76(90-78)52-39-35-48(36-40-52)47-33-37-51(38-34-47)75-85-73(49-17-3-1-4-18-49)87-77(89-75)53-21-15-23-55(45-53)91-63-30-12-8-26-59(63)69-66(91)42-44-68-71(69)80(96)94-65-32-14-10-28-61(65)84-82(94)98-68/h1-46H. The number of imidazole rings is 2. The van der Waals surface area contributed by atoms with Crippen molar-refractivity contribution in [2.75, 3.05) is 0 Å². The predicted molar refractivity (Wildman–Crippen MR) is 390 cm³/mol. The van der Waals surface area contributed by atoms with Crippen molar-refractivity contribution in [3.8, 4) is 90.8 Å². The van der Waals surface area contributed by atoms with Gasteiger partial charge in [-0.15, -0.1) is 0 Å². The molecule has 0 aliphatic carbocycles. The number of hydrogen-bond donors (Lipinski definition) is 0. The van der Waals surface area contributed by atoms with Crippen molar-refractivity contribution in [3.05, 3.63) is 300 Å². The van der Waals surface area contributed by atoms with Crippen molar-refractivity contribution < 1.29 is 4.42 Å². The molecule has 16 heteroatoms. The number of nitrogens with zero attached hydrogens (tertiary/aromatic N) is 12. The van der Waals surface area contributed by atoms with Gasteiger partial charge in [-0.2, -0.15) is 4.98 Å². The Balaban J connectivity index is 0.648. The van der Waals surface area contributed by atoms with Gasteiger partial charge in [0.2, 0.25) is 0 Å². The molecule has 0 atom stereocenters. The number of para-hydroxylation sites is 6. The van der Waals surface area contributed by atoms with Crippen molar-refractivity contribution in [3.63, 3.8) is 0 Å². The third kappa shape index (κ3) is 8.61. The number of aromatic nitrogens is 12. The van der Waals surface area contributed by atoms with Crippen LogP contribution in [0, 0.1) is 0 Å². The van der Waals surface area contributed by atoms with E-state index in [2.05, 4.69) is 99.0 Å². The lowest BCUT2D eigenvalue weighted by Gasteiger charge is -2.12. The highest BCUT2D eigenvalue weighted by Crippen LogP contribution is 2.41. The molecule has 0 aliphatic rings. The van der Waals surface area contributed by atoms with E-state index in [0.717, 1.165) is 115 Å². The summed E-state index contributed by atoms with van der Waals surface area (Å²) in [5, 5.41) is 4.89. The molecule has 0 N–H and O–H groups in total. The Morgan fingerprint density at radius 2 is 0.745 bits per heavy atom. The van der Waals surface area contributed by atoms with E-state index in [4.69, 9.17) is 39.3 Å². The molecule has 0 saturated carbocycles. The Hall–Kier alpha value is -13.4. The summed E-state index contributed by atoms with van der Waals surface area (Å²) in [7, 11) is 0. The molecule has 20 rings (SSSR count). The molecular weight excluding hydrogens is 1230 g/mol. The third-order valence-electron chi connectivity index (χ3n) is 18.6. The Labute approximate surface area is 558 Å². The Morgan fingerprint density at radius 3 is 1.34 bits per heavy atom. The fourth-order valence-electron chi connectivity index (χ4n) is 14.1. The molecule has 0 spiro atoms. The summed E-state index contributed by atoms with van der Waals surface area (Å²) in [6.07, 6.45) is 0. The smallest absolute Gasteiger partial charge is 0.310 e. The van der Waals surface area contributed by atoms with Crippen LogP contribution in [0.4, 0.5) is 0 Å². The van der Waals surface area contributed by atoms with E-state index in [9.17, 15) is 9.59 Å². The second-order valence-corrected chi connectivity index (χ2v) is 25.2. The Bertz CT molecular complexity index is 6860. The van der Waals surface area contributed by atoms with Gasteiger partial charge in [0.1, 0.15) is 11.0 Å². The van der Waals surface area contributed by atoms with Crippen LogP contribution in [0.2, 0.25) is 0 Å². The highest BCUT2D eigenvalue weighted by atomic mass is 32.1. The molecule has 0 radical (unpaired) electrons. The number of rotatable bonds is 9. The van der Waals surface area contributed by atoms with Gasteiger partial charge in [0.15, 0.2) is 39.9 Å². The van der Waals surface area contributed by atoms with Crippen molar-refractivity contribution in [1.29, 1.82) is 0 Å². The first-order chi connectivity index (χ1) is 48.4. The molecule has 458 valence electrons. The molecule has 0 bridgehead atoms. The summed E-state index contributed by atoms with van der Waals surface area (Å²) in [5.74, 6) is 3.35. The minimum absolute atomic E-state index is 0.0932. The van der Waals surface area contributed by atoms with Crippen molar-refractivity contribution in [2.45, 2.75) is 0 Å². The van der Waals surface area contributed by atoms with Gasteiger partial charge < -0.3 is 13.6 Å². The first-order valence-electron chi connectivity index (χ1n) is 32.0. The molecule has 0 aliphatic heterocycles. The summed E-state index contributed by atoms with van der Waals surface area (Å²) in [4.78, 5) is 70.7. The predicted octanol–water partition coefficient (Wildman–Crippen LogP) is 18.2. The number of hydrogen-bond acceptors (Lipinski definition) is 12. The average Bonchev–Trinajstić information content (AvgIpc) is 1.55. The zero-order valence-corrected chi connectivity index (χ0v) is 52.4. The van der Waals surface area contributed by atoms with E-state index in [1.807, 2.05) is 194 Å². The molecule has 0 fully saturated rings. The van der Waals surface area contributed by atoms with Gasteiger partial charge in [-0.1, -0.05) is 205 Å². The molecule has 8 aromatic heterocycles. The summed E-state index contributed by atoms with van der Waals surface area (Å²) in [5.41, 5.74) is 15.2. The minimum atomic E-state index is -0.217. The topological polar surface area (TPSA) is 169 Å². The van der Waals surface area contributed by atoms with Crippen LogP contribution in [0.3, 0.4) is 0 Å².